The molecule has 0 aromatic heterocycles. The van der Waals surface area contributed by atoms with E-state index in [0.29, 0.717) is 0 Å². The third-order valence-corrected chi connectivity index (χ3v) is 3.07. The van der Waals surface area contributed by atoms with Crippen molar-refractivity contribution in [1.29, 1.82) is 0 Å². The molecule has 0 radical (unpaired) electrons. The van der Waals surface area contributed by atoms with Crippen LogP contribution in [-0.4, -0.2) is 40.3 Å². The van der Waals surface area contributed by atoms with Gasteiger partial charge in [0, 0.05) is 6.42 Å². The van der Waals surface area contributed by atoms with Crippen LogP contribution in [0.2, 0.25) is 0 Å². The van der Waals surface area contributed by atoms with Crippen LogP contribution in [0, 0.1) is 5.82 Å². The molecule has 0 bridgehead atoms. The highest BCUT2D eigenvalue weighted by Gasteiger charge is 2.36. The molecule has 0 saturated carbocycles. The molecule has 1 atom stereocenters. The first-order valence-corrected chi connectivity index (χ1v) is 5.80. The summed E-state index contributed by atoms with van der Waals surface area (Å²) in [4.78, 5) is 35.5. The number of aliphatic carboxylic acids is 1. The van der Waals surface area contributed by atoms with E-state index in [1.165, 1.54) is 18.2 Å². The lowest BCUT2D eigenvalue weighted by molar-refractivity contribution is -0.144. The minimum absolute atomic E-state index is 0.0638. The molecule has 1 heterocycles. The van der Waals surface area contributed by atoms with Crippen LogP contribution in [0.15, 0.2) is 24.3 Å². The number of rotatable bonds is 2. The zero-order valence-electron chi connectivity index (χ0n) is 10.0. The van der Waals surface area contributed by atoms with Crippen LogP contribution >= 0.6 is 0 Å². The summed E-state index contributed by atoms with van der Waals surface area (Å²) in [5.74, 6) is -2.90. The number of Topliss-reactive ketones (excluding diaryl/α,β-unsaturated/α-hetero) is 1. The maximum absolute atomic E-state index is 13.5. The highest BCUT2D eigenvalue weighted by molar-refractivity contribution is 6.00. The van der Waals surface area contributed by atoms with Crippen LogP contribution in [0.1, 0.15) is 23.2 Å². The molecule has 1 aliphatic heterocycles. The fraction of sp³-hybridized carbons (Fsp3) is 0.308. The average molecular weight is 265 g/mol. The van der Waals surface area contributed by atoms with Gasteiger partial charge in [-0.3, -0.25) is 9.59 Å². The Morgan fingerprint density at radius 1 is 1.32 bits per heavy atom. The zero-order valence-corrected chi connectivity index (χ0v) is 10.0. The second-order valence-corrected chi connectivity index (χ2v) is 4.34. The van der Waals surface area contributed by atoms with E-state index < -0.39 is 23.7 Å². The van der Waals surface area contributed by atoms with Crippen molar-refractivity contribution in [2.45, 2.75) is 18.9 Å². The first kappa shape index (κ1) is 13.2. The molecule has 2 rings (SSSR count). The van der Waals surface area contributed by atoms with Gasteiger partial charge in [0.25, 0.3) is 5.91 Å². The molecule has 1 fully saturated rings. The van der Waals surface area contributed by atoms with Crippen molar-refractivity contribution in [3.8, 4) is 0 Å². The molecule has 100 valence electrons. The highest BCUT2D eigenvalue weighted by Crippen LogP contribution is 2.19. The number of carboxylic acid groups (broad SMARTS) is 1. The number of nitrogens with zero attached hydrogens (tertiary/aromatic N) is 1. The second kappa shape index (κ2) is 5.17. The maximum Gasteiger partial charge on any atom is 0.326 e. The lowest BCUT2D eigenvalue weighted by Gasteiger charge is -2.32. The monoisotopic (exact) mass is 265 g/mol. The molecule has 1 aromatic rings. The third-order valence-electron chi connectivity index (χ3n) is 3.07. The molecule has 1 aliphatic rings. The number of piperidine rings is 1. The molecular weight excluding hydrogens is 253 g/mol. The van der Waals surface area contributed by atoms with E-state index in [4.69, 9.17) is 5.11 Å². The summed E-state index contributed by atoms with van der Waals surface area (Å²) < 4.78 is 13.5. The molecule has 1 N–H and O–H groups in total. The topological polar surface area (TPSA) is 74.7 Å². The molecule has 0 spiro atoms. The van der Waals surface area contributed by atoms with Gasteiger partial charge in [-0.2, -0.15) is 0 Å². The van der Waals surface area contributed by atoms with E-state index in [0.717, 1.165) is 11.0 Å². The quantitative estimate of drug-likeness (QED) is 0.868. The van der Waals surface area contributed by atoms with E-state index in [1.54, 1.807) is 0 Å². The van der Waals surface area contributed by atoms with E-state index in [9.17, 15) is 18.8 Å². The smallest absolute Gasteiger partial charge is 0.326 e. The second-order valence-electron chi connectivity index (χ2n) is 4.34. The minimum atomic E-state index is -1.18. The van der Waals surface area contributed by atoms with Crippen molar-refractivity contribution >= 4 is 17.7 Å². The summed E-state index contributed by atoms with van der Waals surface area (Å²) in [6, 6.07) is 4.23. The zero-order chi connectivity index (χ0) is 14.0. The number of likely N-dealkylation sites (tertiary alicyclic amines) is 1. The van der Waals surface area contributed by atoms with Gasteiger partial charge in [0.15, 0.2) is 5.78 Å². The number of halogens is 1. The van der Waals surface area contributed by atoms with Gasteiger partial charge in [-0.15, -0.1) is 0 Å². The molecule has 1 amide bonds. The maximum atomic E-state index is 13.5. The van der Waals surface area contributed by atoms with Gasteiger partial charge in [-0.05, 0) is 18.6 Å². The molecule has 5 nitrogen and oxygen atoms in total. The third kappa shape index (κ3) is 2.62. The predicted octanol–water partition coefficient (Wildman–Crippen LogP) is 1.08. The molecule has 6 heteroatoms. The fourth-order valence-corrected chi connectivity index (χ4v) is 2.09. The van der Waals surface area contributed by atoms with Crippen LogP contribution in [0.4, 0.5) is 4.39 Å². The largest absolute Gasteiger partial charge is 0.480 e. The van der Waals surface area contributed by atoms with Crippen LogP contribution in [0.5, 0.6) is 0 Å². The van der Waals surface area contributed by atoms with Gasteiger partial charge in [0.05, 0.1) is 12.1 Å². The van der Waals surface area contributed by atoms with Crippen molar-refractivity contribution in [3.05, 3.63) is 35.6 Å². The van der Waals surface area contributed by atoms with Crippen molar-refractivity contribution in [2.24, 2.45) is 0 Å². The highest BCUT2D eigenvalue weighted by atomic mass is 19.1. The van der Waals surface area contributed by atoms with Gasteiger partial charge >= 0.3 is 5.97 Å². The first-order valence-electron chi connectivity index (χ1n) is 5.80. The number of carboxylic acids is 1. The average Bonchev–Trinajstić information content (AvgIpc) is 2.38. The molecule has 0 aliphatic carbocycles. The van der Waals surface area contributed by atoms with Gasteiger partial charge < -0.3 is 10.0 Å². The normalized spacial score (nSPS) is 19.3. The molecule has 1 saturated heterocycles. The molecule has 1 aromatic carbocycles. The van der Waals surface area contributed by atoms with Crippen LogP contribution in [0.25, 0.3) is 0 Å². The summed E-state index contributed by atoms with van der Waals surface area (Å²) in [7, 11) is 0. The van der Waals surface area contributed by atoms with Crippen LogP contribution in [0.3, 0.4) is 0 Å². The van der Waals surface area contributed by atoms with Gasteiger partial charge in [-0.1, -0.05) is 12.1 Å². The Hall–Kier alpha value is -2.24. The lowest BCUT2D eigenvalue weighted by atomic mass is 10.00. The van der Waals surface area contributed by atoms with Gasteiger partial charge in [-0.25, -0.2) is 9.18 Å². The number of hydrogen-bond donors (Lipinski definition) is 1. The van der Waals surface area contributed by atoms with Crippen molar-refractivity contribution < 1.29 is 23.9 Å². The van der Waals surface area contributed by atoms with Crippen molar-refractivity contribution in [1.82, 2.24) is 4.90 Å². The summed E-state index contributed by atoms with van der Waals surface area (Å²) >= 11 is 0. The van der Waals surface area contributed by atoms with E-state index in [2.05, 4.69) is 0 Å². The minimum Gasteiger partial charge on any atom is -0.480 e. The lowest BCUT2D eigenvalue weighted by Crippen LogP contribution is -2.51. The van der Waals surface area contributed by atoms with Crippen LogP contribution in [-0.2, 0) is 9.59 Å². The number of carbonyl (C=O) groups excluding carboxylic acids is 2. The fourth-order valence-electron chi connectivity index (χ4n) is 2.09. The summed E-state index contributed by atoms with van der Waals surface area (Å²) in [5.41, 5.74) is -0.219. The number of amides is 1. The molecule has 1 unspecified atom stereocenters. The first-order chi connectivity index (χ1) is 9.00. The molecular formula is C13H12FNO4. The summed E-state index contributed by atoms with van der Waals surface area (Å²) in [6.45, 7) is -0.288. The Balaban J connectivity index is 2.32. The number of ketones is 1. The Kier molecular flexibility index (Phi) is 3.59. The standard InChI is InChI=1S/C13H12FNO4/c14-10-4-2-1-3-9(10)12(17)15-7-8(16)5-6-11(15)13(18)19/h1-4,11H,5-7H2,(H,18,19). The Morgan fingerprint density at radius 2 is 2.00 bits per heavy atom. The Labute approximate surface area is 108 Å². The predicted molar refractivity (Wildman–Crippen MR) is 63.1 cm³/mol. The summed E-state index contributed by atoms with van der Waals surface area (Å²) in [6.07, 6.45) is 0.187. The number of carbonyl (C=O) groups is 3. The van der Waals surface area contributed by atoms with E-state index >= 15 is 0 Å². The number of benzene rings is 1. The van der Waals surface area contributed by atoms with E-state index in [-0.39, 0.29) is 30.7 Å². The van der Waals surface area contributed by atoms with E-state index in [1.807, 2.05) is 0 Å². The van der Waals surface area contributed by atoms with Gasteiger partial charge in [0.1, 0.15) is 11.9 Å². The SMILES string of the molecule is O=C1CCC(C(=O)O)N(C(=O)c2ccccc2F)C1. The van der Waals surface area contributed by atoms with Gasteiger partial charge in [0.2, 0.25) is 0 Å². The number of hydrogen-bond acceptors (Lipinski definition) is 3. The van der Waals surface area contributed by atoms with Crippen molar-refractivity contribution in [3.63, 3.8) is 0 Å². The van der Waals surface area contributed by atoms with Crippen LogP contribution < -0.4 is 0 Å². The van der Waals surface area contributed by atoms with Crippen molar-refractivity contribution in [2.75, 3.05) is 6.54 Å². The Morgan fingerprint density at radius 3 is 2.63 bits per heavy atom. The Bertz CT molecular complexity index is 543. The summed E-state index contributed by atoms with van der Waals surface area (Å²) in [5, 5.41) is 9.06. The molecule has 19 heavy (non-hydrogen) atoms.